The Balaban J connectivity index is 1.18. The van der Waals surface area contributed by atoms with Crippen LogP contribution >= 0.6 is 0 Å². The second kappa shape index (κ2) is 7.68. The lowest BCUT2D eigenvalue weighted by molar-refractivity contribution is 0.115. The molecule has 0 bridgehead atoms. The van der Waals surface area contributed by atoms with Gasteiger partial charge in [-0.25, -0.2) is 9.97 Å². The molecule has 1 aliphatic heterocycles. The van der Waals surface area contributed by atoms with Gasteiger partial charge in [-0.15, -0.1) is 0 Å². The molecular formula is C27H30N6. The van der Waals surface area contributed by atoms with Crippen molar-refractivity contribution in [3.8, 4) is 11.3 Å². The number of nitrogens with one attached hydrogen (secondary N) is 1. The van der Waals surface area contributed by atoms with Crippen molar-refractivity contribution in [2.45, 2.75) is 12.0 Å². The van der Waals surface area contributed by atoms with Gasteiger partial charge in [0.2, 0.25) is 0 Å². The first-order valence-electron chi connectivity index (χ1n) is 11.7. The van der Waals surface area contributed by atoms with E-state index in [9.17, 15) is 0 Å². The SMILES string of the molecule is C=C(Nc1cc2cc(-c3cncn3C)ccc2cn1)C1=CC2CC2(N2CCN(C)CC2)C=C1. The molecule has 6 rings (SSSR count). The van der Waals surface area contributed by atoms with E-state index in [-0.39, 0.29) is 5.54 Å². The third kappa shape index (κ3) is 3.59. The van der Waals surface area contributed by atoms with E-state index in [2.05, 4.69) is 81.2 Å². The Bertz CT molecular complexity index is 1290. The standard InChI is InChI=1S/C27H30N6/c1-19(20-6-7-27(15-24(27)13-20)33-10-8-31(2)9-11-33)30-26-14-23-12-21(4-5-22(23)16-29-26)25-17-28-18-32(25)3/h4-7,12-14,16-18,24H,1,8-11,15H2,2-3H3,(H,29,30). The van der Waals surface area contributed by atoms with Crippen LogP contribution in [0.3, 0.4) is 0 Å². The van der Waals surface area contributed by atoms with Gasteiger partial charge >= 0.3 is 0 Å². The number of hydrogen-bond acceptors (Lipinski definition) is 5. The molecule has 6 nitrogen and oxygen atoms in total. The van der Waals surface area contributed by atoms with Gasteiger partial charge in [0.15, 0.2) is 0 Å². The average Bonchev–Trinajstić information content (AvgIpc) is 3.42. The summed E-state index contributed by atoms with van der Waals surface area (Å²) in [4.78, 5) is 14.0. The van der Waals surface area contributed by atoms with Crippen molar-refractivity contribution < 1.29 is 0 Å². The molecule has 2 aromatic heterocycles. The Kier molecular flexibility index (Phi) is 4.75. The minimum absolute atomic E-state index is 0.244. The van der Waals surface area contributed by atoms with Crippen molar-refractivity contribution in [1.29, 1.82) is 0 Å². The molecular weight excluding hydrogens is 408 g/mol. The number of nitrogens with zero attached hydrogens (tertiary/aromatic N) is 5. The average molecular weight is 439 g/mol. The molecule has 3 aliphatic rings. The fraction of sp³-hybridized carbons (Fsp3) is 0.333. The van der Waals surface area contributed by atoms with Crippen LogP contribution < -0.4 is 5.32 Å². The minimum Gasteiger partial charge on any atom is -0.340 e. The molecule has 1 saturated carbocycles. The summed E-state index contributed by atoms with van der Waals surface area (Å²) in [7, 11) is 4.23. The van der Waals surface area contributed by atoms with Crippen LogP contribution in [0.15, 0.2) is 79.1 Å². The molecule has 2 fully saturated rings. The van der Waals surface area contributed by atoms with E-state index in [0.29, 0.717) is 5.92 Å². The molecule has 2 unspecified atom stereocenters. The summed E-state index contributed by atoms with van der Waals surface area (Å²) in [6, 6.07) is 8.52. The number of aryl methyl sites for hydroxylation is 1. The summed E-state index contributed by atoms with van der Waals surface area (Å²) >= 11 is 0. The van der Waals surface area contributed by atoms with Crippen LogP contribution in [0, 0.1) is 5.92 Å². The van der Waals surface area contributed by atoms with Gasteiger partial charge < -0.3 is 14.8 Å². The molecule has 0 spiro atoms. The molecule has 0 amide bonds. The van der Waals surface area contributed by atoms with Crippen molar-refractivity contribution in [2.75, 3.05) is 38.5 Å². The zero-order valence-electron chi connectivity index (χ0n) is 19.3. The first kappa shape index (κ1) is 20.4. The van der Waals surface area contributed by atoms with Gasteiger partial charge in [-0.2, -0.15) is 0 Å². The lowest BCUT2D eigenvalue weighted by atomic mass is 9.99. The van der Waals surface area contributed by atoms with Crippen LogP contribution in [0.1, 0.15) is 6.42 Å². The van der Waals surface area contributed by atoms with E-state index in [1.54, 1.807) is 0 Å². The third-order valence-electron chi connectivity index (χ3n) is 7.51. The Morgan fingerprint density at radius 1 is 1.09 bits per heavy atom. The monoisotopic (exact) mass is 438 g/mol. The summed E-state index contributed by atoms with van der Waals surface area (Å²) in [6.45, 7) is 8.94. The highest BCUT2D eigenvalue weighted by atomic mass is 15.3. The largest absolute Gasteiger partial charge is 0.340 e. The van der Waals surface area contributed by atoms with E-state index in [1.165, 1.54) is 12.0 Å². The number of hydrogen-bond donors (Lipinski definition) is 1. The first-order valence-corrected chi connectivity index (χ1v) is 11.7. The van der Waals surface area contributed by atoms with Gasteiger partial charge in [-0.1, -0.05) is 36.9 Å². The zero-order chi connectivity index (χ0) is 22.6. The number of benzene rings is 1. The van der Waals surface area contributed by atoms with Crippen LogP contribution in [-0.4, -0.2) is 63.1 Å². The summed E-state index contributed by atoms with van der Waals surface area (Å²) in [5.74, 6) is 1.40. The minimum atomic E-state index is 0.244. The smallest absolute Gasteiger partial charge is 0.130 e. The molecule has 6 heteroatoms. The molecule has 168 valence electrons. The van der Waals surface area contributed by atoms with E-state index in [0.717, 1.165) is 59.7 Å². The molecule has 33 heavy (non-hydrogen) atoms. The number of anilines is 1. The van der Waals surface area contributed by atoms with Gasteiger partial charge in [-0.3, -0.25) is 4.90 Å². The summed E-state index contributed by atoms with van der Waals surface area (Å²) in [6.07, 6.45) is 13.9. The van der Waals surface area contributed by atoms with Crippen LogP contribution in [0.25, 0.3) is 22.0 Å². The van der Waals surface area contributed by atoms with E-state index in [1.807, 2.05) is 30.3 Å². The third-order valence-corrected chi connectivity index (χ3v) is 7.51. The van der Waals surface area contributed by atoms with E-state index >= 15 is 0 Å². The molecule has 0 radical (unpaired) electrons. The molecule has 3 heterocycles. The lowest BCUT2D eigenvalue weighted by Gasteiger charge is -2.38. The first-order chi connectivity index (χ1) is 16.0. The zero-order valence-corrected chi connectivity index (χ0v) is 19.3. The maximum absolute atomic E-state index is 4.62. The molecule has 2 aliphatic carbocycles. The second-order valence-electron chi connectivity index (χ2n) is 9.67. The number of rotatable bonds is 5. The highest BCUT2D eigenvalue weighted by Gasteiger charge is 2.56. The Labute approximate surface area is 194 Å². The molecule has 1 N–H and O–H groups in total. The summed E-state index contributed by atoms with van der Waals surface area (Å²) in [5, 5.41) is 5.70. The van der Waals surface area contributed by atoms with Crippen LogP contribution in [0.5, 0.6) is 0 Å². The maximum atomic E-state index is 4.62. The van der Waals surface area contributed by atoms with Crippen molar-refractivity contribution in [1.82, 2.24) is 24.3 Å². The Morgan fingerprint density at radius 2 is 1.94 bits per heavy atom. The van der Waals surface area contributed by atoms with E-state index < -0.39 is 0 Å². The van der Waals surface area contributed by atoms with Gasteiger partial charge in [-0.05, 0) is 36.6 Å². The van der Waals surface area contributed by atoms with Crippen LogP contribution in [-0.2, 0) is 7.05 Å². The van der Waals surface area contributed by atoms with Crippen LogP contribution in [0.2, 0.25) is 0 Å². The van der Waals surface area contributed by atoms with Crippen molar-refractivity contribution >= 4 is 16.6 Å². The van der Waals surface area contributed by atoms with Crippen molar-refractivity contribution in [3.63, 3.8) is 0 Å². The predicted molar refractivity (Wildman–Crippen MR) is 134 cm³/mol. The summed E-state index contributed by atoms with van der Waals surface area (Å²) in [5.41, 5.74) is 4.56. The Morgan fingerprint density at radius 3 is 2.70 bits per heavy atom. The highest BCUT2D eigenvalue weighted by Crippen LogP contribution is 2.54. The topological polar surface area (TPSA) is 49.2 Å². The molecule has 2 atom stereocenters. The number of likely N-dealkylation sites (N-methyl/N-ethyl adjacent to an activating group) is 1. The van der Waals surface area contributed by atoms with E-state index in [4.69, 9.17) is 0 Å². The number of aromatic nitrogens is 3. The van der Waals surface area contributed by atoms with Crippen molar-refractivity contribution in [3.05, 3.63) is 79.1 Å². The van der Waals surface area contributed by atoms with Gasteiger partial charge in [0.1, 0.15) is 5.82 Å². The number of piperazine rings is 1. The maximum Gasteiger partial charge on any atom is 0.130 e. The summed E-state index contributed by atoms with van der Waals surface area (Å²) < 4.78 is 2.03. The number of allylic oxidation sites excluding steroid dienone is 1. The Hall–Kier alpha value is -3.22. The van der Waals surface area contributed by atoms with Gasteiger partial charge in [0.25, 0.3) is 0 Å². The normalized spacial score (nSPS) is 25.0. The van der Waals surface area contributed by atoms with Gasteiger partial charge in [0, 0.05) is 67.5 Å². The molecule has 1 aromatic carbocycles. The number of imidazole rings is 1. The lowest BCUT2D eigenvalue weighted by Crippen LogP contribution is -2.50. The number of pyridine rings is 1. The quantitative estimate of drug-likeness (QED) is 0.651. The molecule has 1 saturated heterocycles. The van der Waals surface area contributed by atoms with Crippen molar-refractivity contribution in [2.24, 2.45) is 13.0 Å². The number of fused-ring (bicyclic) bond motifs is 2. The fourth-order valence-electron chi connectivity index (χ4n) is 5.32. The van der Waals surface area contributed by atoms with Crippen LogP contribution in [0.4, 0.5) is 5.82 Å². The second-order valence-corrected chi connectivity index (χ2v) is 9.67. The predicted octanol–water partition coefficient (Wildman–Crippen LogP) is 4.06. The molecule has 3 aromatic rings. The highest BCUT2D eigenvalue weighted by molar-refractivity contribution is 5.88. The van der Waals surface area contributed by atoms with Gasteiger partial charge in [0.05, 0.1) is 18.2 Å². The fourth-order valence-corrected chi connectivity index (χ4v) is 5.32.